The second-order valence-electron chi connectivity index (χ2n) is 6.18. The smallest absolute Gasteiger partial charge is 0.262 e. The summed E-state index contributed by atoms with van der Waals surface area (Å²) >= 11 is 6.96. The van der Waals surface area contributed by atoms with Crippen LogP contribution in [0.5, 0.6) is 0 Å². The standard InChI is InChI=1S/C20H19ClFN3O3S/c1-28-10-4-9-25-19(27)14-5-2-3-6-16(14)24-20(25)29-12-18(26)23-17-11-13(21)7-8-15(17)22/h2-3,5-8,11H,4,9-10,12H2,1H3,(H,23,26). The quantitative estimate of drug-likeness (QED) is 0.329. The molecule has 6 nitrogen and oxygen atoms in total. The molecule has 0 atom stereocenters. The Balaban J connectivity index is 1.80. The molecule has 0 unspecified atom stereocenters. The second-order valence-corrected chi connectivity index (χ2v) is 7.55. The van der Waals surface area contributed by atoms with Crippen molar-refractivity contribution < 1.29 is 13.9 Å². The molecule has 0 spiro atoms. The number of anilines is 1. The van der Waals surface area contributed by atoms with Gasteiger partial charge in [-0.05, 0) is 36.8 Å². The summed E-state index contributed by atoms with van der Waals surface area (Å²) in [6.07, 6.45) is 0.629. The van der Waals surface area contributed by atoms with E-state index in [0.29, 0.717) is 40.7 Å². The zero-order valence-electron chi connectivity index (χ0n) is 15.7. The average molecular weight is 436 g/mol. The fourth-order valence-electron chi connectivity index (χ4n) is 2.73. The first-order valence-electron chi connectivity index (χ1n) is 8.86. The van der Waals surface area contributed by atoms with E-state index >= 15 is 0 Å². The summed E-state index contributed by atoms with van der Waals surface area (Å²) < 4.78 is 20.4. The molecular formula is C20H19ClFN3O3S. The molecule has 1 amide bonds. The number of thioether (sulfide) groups is 1. The predicted octanol–water partition coefficient (Wildman–Crippen LogP) is 3.96. The molecule has 29 heavy (non-hydrogen) atoms. The lowest BCUT2D eigenvalue weighted by molar-refractivity contribution is -0.113. The molecule has 3 rings (SSSR count). The van der Waals surface area contributed by atoms with E-state index in [1.165, 1.54) is 18.2 Å². The summed E-state index contributed by atoms with van der Waals surface area (Å²) in [7, 11) is 1.59. The number of carbonyl (C=O) groups excluding carboxylic acids is 1. The maximum Gasteiger partial charge on any atom is 0.262 e. The number of rotatable bonds is 8. The van der Waals surface area contributed by atoms with E-state index in [-0.39, 0.29) is 17.0 Å². The molecule has 152 valence electrons. The van der Waals surface area contributed by atoms with Gasteiger partial charge in [0.25, 0.3) is 5.56 Å². The number of nitrogens with zero attached hydrogens (tertiary/aromatic N) is 2. The van der Waals surface area contributed by atoms with Crippen LogP contribution in [-0.2, 0) is 16.1 Å². The van der Waals surface area contributed by atoms with Gasteiger partial charge in [-0.2, -0.15) is 0 Å². The van der Waals surface area contributed by atoms with Gasteiger partial charge in [0.15, 0.2) is 5.16 Å². The number of fused-ring (bicyclic) bond motifs is 1. The Kier molecular flexibility index (Phi) is 7.24. The van der Waals surface area contributed by atoms with Gasteiger partial charge in [0.05, 0.1) is 22.3 Å². The molecule has 0 aliphatic rings. The van der Waals surface area contributed by atoms with Crippen LogP contribution < -0.4 is 10.9 Å². The Morgan fingerprint density at radius 2 is 2.10 bits per heavy atom. The zero-order chi connectivity index (χ0) is 20.8. The van der Waals surface area contributed by atoms with Crippen molar-refractivity contribution in [3.63, 3.8) is 0 Å². The number of carbonyl (C=O) groups is 1. The first-order valence-corrected chi connectivity index (χ1v) is 10.2. The van der Waals surface area contributed by atoms with Crippen molar-refractivity contribution in [2.24, 2.45) is 0 Å². The van der Waals surface area contributed by atoms with Crippen molar-refractivity contribution in [3.05, 3.63) is 63.7 Å². The summed E-state index contributed by atoms with van der Waals surface area (Å²) in [5.74, 6) is -1.05. The minimum Gasteiger partial charge on any atom is -0.385 e. The summed E-state index contributed by atoms with van der Waals surface area (Å²) in [5.41, 5.74) is 0.395. The van der Waals surface area contributed by atoms with Crippen molar-refractivity contribution >= 4 is 45.9 Å². The first-order chi connectivity index (χ1) is 14.0. The summed E-state index contributed by atoms with van der Waals surface area (Å²) in [5, 5.41) is 3.74. The van der Waals surface area contributed by atoms with Crippen LogP contribution >= 0.6 is 23.4 Å². The Hall–Kier alpha value is -2.42. The highest BCUT2D eigenvalue weighted by Gasteiger charge is 2.14. The number of halogens is 2. The summed E-state index contributed by atoms with van der Waals surface area (Å²) in [6.45, 7) is 0.912. The minimum absolute atomic E-state index is 0.00653. The predicted molar refractivity (Wildman–Crippen MR) is 113 cm³/mol. The Morgan fingerprint density at radius 3 is 2.90 bits per heavy atom. The van der Waals surface area contributed by atoms with E-state index in [4.69, 9.17) is 16.3 Å². The highest BCUT2D eigenvalue weighted by Crippen LogP contribution is 2.21. The van der Waals surface area contributed by atoms with E-state index in [2.05, 4.69) is 10.3 Å². The lowest BCUT2D eigenvalue weighted by Crippen LogP contribution is -2.25. The monoisotopic (exact) mass is 435 g/mol. The first kappa shape index (κ1) is 21.3. The molecule has 2 aromatic carbocycles. The van der Waals surface area contributed by atoms with Crippen LogP contribution in [0.2, 0.25) is 5.02 Å². The number of para-hydroxylation sites is 1. The van der Waals surface area contributed by atoms with Crippen molar-refractivity contribution in [2.75, 3.05) is 24.8 Å². The molecular weight excluding hydrogens is 417 g/mol. The molecule has 0 radical (unpaired) electrons. The van der Waals surface area contributed by atoms with Crippen LogP contribution in [-0.4, -0.2) is 34.9 Å². The van der Waals surface area contributed by atoms with Crippen LogP contribution in [0.1, 0.15) is 6.42 Å². The molecule has 1 heterocycles. The van der Waals surface area contributed by atoms with Gasteiger partial charge in [0, 0.05) is 25.3 Å². The fraction of sp³-hybridized carbons (Fsp3) is 0.250. The maximum atomic E-state index is 13.8. The molecule has 0 saturated heterocycles. The number of nitrogens with one attached hydrogen (secondary N) is 1. The molecule has 0 saturated carbocycles. The van der Waals surface area contributed by atoms with E-state index in [1.807, 2.05) is 0 Å². The Labute approximate surface area is 176 Å². The van der Waals surface area contributed by atoms with Crippen molar-refractivity contribution in [1.82, 2.24) is 9.55 Å². The number of amides is 1. The third kappa shape index (κ3) is 5.35. The average Bonchev–Trinajstić information content (AvgIpc) is 2.71. The SMILES string of the molecule is COCCCn1c(SCC(=O)Nc2cc(Cl)ccc2F)nc2ccccc2c1=O. The highest BCUT2D eigenvalue weighted by atomic mass is 35.5. The number of hydrogen-bond acceptors (Lipinski definition) is 5. The van der Waals surface area contributed by atoms with Gasteiger partial charge >= 0.3 is 0 Å². The Morgan fingerprint density at radius 1 is 1.31 bits per heavy atom. The lowest BCUT2D eigenvalue weighted by Gasteiger charge is -2.13. The molecule has 3 aromatic rings. The topological polar surface area (TPSA) is 73.2 Å². The fourth-order valence-corrected chi connectivity index (χ4v) is 3.73. The van der Waals surface area contributed by atoms with Gasteiger partial charge in [-0.1, -0.05) is 35.5 Å². The second kappa shape index (κ2) is 9.87. The largest absolute Gasteiger partial charge is 0.385 e. The van der Waals surface area contributed by atoms with Crippen molar-refractivity contribution in [1.29, 1.82) is 0 Å². The molecule has 0 bridgehead atoms. The number of benzene rings is 2. The minimum atomic E-state index is -0.576. The lowest BCUT2D eigenvalue weighted by atomic mass is 10.2. The molecule has 1 aromatic heterocycles. The summed E-state index contributed by atoms with van der Waals surface area (Å²) in [6, 6.07) is 11.0. The molecule has 9 heteroatoms. The van der Waals surface area contributed by atoms with E-state index in [0.717, 1.165) is 11.8 Å². The highest BCUT2D eigenvalue weighted by molar-refractivity contribution is 7.99. The van der Waals surface area contributed by atoms with Crippen LogP contribution in [0.4, 0.5) is 10.1 Å². The number of aromatic nitrogens is 2. The van der Waals surface area contributed by atoms with Crippen LogP contribution in [0, 0.1) is 5.82 Å². The molecule has 0 aliphatic carbocycles. The third-order valence-electron chi connectivity index (χ3n) is 4.09. The zero-order valence-corrected chi connectivity index (χ0v) is 17.2. The van der Waals surface area contributed by atoms with Crippen LogP contribution in [0.15, 0.2) is 52.4 Å². The number of ether oxygens (including phenoxy) is 1. The molecule has 1 N–H and O–H groups in total. The van der Waals surface area contributed by atoms with Gasteiger partial charge in [-0.3, -0.25) is 14.2 Å². The van der Waals surface area contributed by atoms with Gasteiger partial charge in [0.1, 0.15) is 5.82 Å². The van der Waals surface area contributed by atoms with Gasteiger partial charge in [0.2, 0.25) is 5.91 Å². The van der Waals surface area contributed by atoms with Crippen molar-refractivity contribution in [3.8, 4) is 0 Å². The molecule has 0 fully saturated rings. The van der Waals surface area contributed by atoms with Gasteiger partial charge < -0.3 is 10.1 Å². The third-order valence-corrected chi connectivity index (χ3v) is 5.30. The Bertz CT molecular complexity index is 1090. The van der Waals surface area contributed by atoms with Crippen molar-refractivity contribution in [2.45, 2.75) is 18.1 Å². The van der Waals surface area contributed by atoms with Gasteiger partial charge in [-0.25, -0.2) is 9.37 Å². The molecule has 0 aliphatic heterocycles. The summed E-state index contributed by atoms with van der Waals surface area (Å²) in [4.78, 5) is 29.7. The van der Waals surface area contributed by atoms with E-state index < -0.39 is 11.7 Å². The normalized spacial score (nSPS) is 11.0. The van der Waals surface area contributed by atoms with E-state index in [1.54, 1.807) is 35.9 Å². The number of methoxy groups -OCH3 is 1. The van der Waals surface area contributed by atoms with Crippen LogP contribution in [0.3, 0.4) is 0 Å². The maximum absolute atomic E-state index is 13.8. The van der Waals surface area contributed by atoms with E-state index in [9.17, 15) is 14.0 Å². The number of hydrogen-bond donors (Lipinski definition) is 1. The van der Waals surface area contributed by atoms with Gasteiger partial charge in [-0.15, -0.1) is 0 Å². The van der Waals surface area contributed by atoms with Crippen LogP contribution in [0.25, 0.3) is 10.9 Å².